The molecule has 0 bridgehead atoms. The summed E-state index contributed by atoms with van der Waals surface area (Å²) in [5.74, 6) is 0.683. The van der Waals surface area contributed by atoms with Crippen LogP contribution in [0, 0.1) is 5.92 Å². The van der Waals surface area contributed by atoms with Crippen LogP contribution in [0.1, 0.15) is 33.6 Å². The Hall–Kier alpha value is -3.93. The van der Waals surface area contributed by atoms with Crippen molar-refractivity contribution < 1.29 is 19.2 Å². The first kappa shape index (κ1) is 20.0. The second-order valence-electron chi connectivity index (χ2n) is 8.09. The third-order valence-electron chi connectivity index (χ3n) is 6.06. The van der Waals surface area contributed by atoms with Crippen LogP contribution in [0.15, 0.2) is 77.3 Å². The number of likely N-dealkylation sites (tertiary alicyclic amines) is 1. The first-order valence-electron chi connectivity index (χ1n) is 10.7. The molecular weight excluding hydrogens is 404 g/mol. The van der Waals surface area contributed by atoms with Crippen LogP contribution in [0.5, 0.6) is 5.75 Å². The summed E-state index contributed by atoms with van der Waals surface area (Å²) >= 11 is 0. The van der Waals surface area contributed by atoms with E-state index in [4.69, 9.17) is 4.52 Å². The summed E-state index contributed by atoms with van der Waals surface area (Å²) < 4.78 is 5.54. The van der Waals surface area contributed by atoms with Crippen molar-refractivity contribution in [2.24, 2.45) is 5.92 Å². The van der Waals surface area contributed by atoms with E-state index in [1.54, 1.807) is 29.2 Å². The predicted octanol–water partition coefficient (Wildman–Crippen LogP) is 4.94. The molecule has 1 amide bonds. The van der Waals surface area contributed by atoms with Crippen molar-refractivity contribution >= 4 is 22.6 Å². The Balaban J connectivity index is 1.31. The molecule has 4 aromatic rings. The van der Waals surface area contributed by atoms with E-state index in [1.807, 2.05) is 36.4 Å². The Morgan fingerprint density at radius 2 is 1.59 bits per heavy atom. The topological polar surface area (TPSA) is 83.6 Å². The average Bonchev–Trinajstić information content (AvgIpc) is 3.27. The molecule has 6 nitrogen and oxygen atoms in total. The molecule has 5 rings (SSSR count). The minimum absolute atomic E-state index is 0.0531. The zero-order chi connectivity index (χ0) is 22.1. The number of rotatable bonds is 4. The fourth-order valence-electron chi connectivity index (χ4n) is 4.26. The molecule has 0 aliphatic carbocycles. The predicted molar refractivity (Wildman–Crippen MR) is 121 cm³/mol. The Labute approximate surface area is 185 Å². The Morgan fingerprint density at radius 3 is 2.31 bits per heavy atom. The van der Waals surface area contributed by atoms with Crippen LogP contribution in [0.25, 0.3) is 22.2 Å². The van der Waals surface area contributed by atoms with Gasteiger partial charge in [-0.05, 0) is 55.3 Å². The van der Waals surface area contributed by atoms with E-state index in [1.165, 1.54) is 12.1 Å². The number of amides is 1. The number of carbonyl (C=O) groups is 2. The highest BCUT2D eigenvalue weighted by Gasteiger charge is 2.28. The maximum atomic E-state index is 13.2. The molecule has 0 spiro atoms. The monoisotopic (exact) mass is 426 g/mol. The summed E-state index contributed by atoms with van der Waals surface area (Å²) in [5, 5.41) is 14.3. The highest BCUT2D eigenvalue weighted by atomic mass is 16.5. The zero-order valence-electron chi connectivity index (χ0n) is 17.4. The van der Waals surface area contributed by atoms with Crippen LogP contribution in [-0.4, -0.2) is 39.9 Å². The highest BCUT2D eigenvalue weighted by Crippen LogP contribution is 2.30. The summed E-state index contributed by atoms with van der Waals surface area (Å²) in [6.07, 6.45) is 1.24. The third kappa shape index (κ3) is 3.75. The number of hydrogen-bond donors (Lipinski definition) is 1. The van der Waals surface area contributed by atoms with Crippen molar-refractivity contribution in [3.63, 3.8) is 0 Å². The number of aromatic nitrogens is 1. The lowest BCUT2D eigenvalue weighted by Crippen LogP contribution is -2.40. The van der Waals surface area contributed by atoms with Gasteiger partial charge in [-0.1, -0.05) is 35.5 Å². The smallest absolute Gasteiger partial charge is 0.253 e. The lowest BCUT2D eigenvalue weighted by atomic mass is 9.88. The van der Waals surface area contributed by atoms with Crippen molar-refractivity contribution in [2.75, 3.05) is 13.1 Å². The van der Waals surface area contributed by atoms with E-state index in [-0.39, 0.29) is 23.4 Å². The van der Waals surface area contributed by atoms with E-state index in [9.17, 15) is 14.7 Å². The zero-order valence-corrected chi connectivity index (χ0v) is 17.4. The first-order valence-corrected chi connectivity index (χ1v) is 10.7. The molecule has 1 N–H and O–H groups in total. The molecule has 1 aliphatic heterocycles. The maximum Gasteiger partial charge on any atom is 0.253 e. The molecule has 1 aliphatic rings. The number of hydrogen-bond acceptors (Lipinski definition) is 5. The lowest BCUT2D eigenvalue weighted by molar-refractivity contribution is 0.0650. The van der Waals surface area contributed by atoms with Gasteiger partial charge in [-0.3, -0.25) is 9.59 Å². The van der Waals surface area contributed by atoms with Gasteiger partial charge in [0.15, 0.2) is 11.5 Å². The molecule has 32 heavy (non-hydrogen) atoms. The minimum Gasteiger partial charge on any atom is -0.508 e. The van der Waals surface area contributed by atoms with Crippen LogP contribution >= 0.6 is 0 Å². The van der Waals surface area contributed by atoms with Gasteiger partial charge in [-0.2, -0.15) is 0 Å². The molecule has 3 aromatic carbocycles. The number of phenolic OH excluding ortho intramolecular Hbond substituents is 1. The molecule has 0 radical (unpaired) electrons. The Kier molecular flexibility index (Phi) is 5.19. The van der Waals surface area contributed by atoms with Gasteiger partial charge in [0.25, 0.3) is 5.91 Å². The summed E-state index contributed by atoms with van der Waals surface area (Å²) in [6, 6.07) is 21.5. The van der Waals surface area contributed by atoms with Crippen LogP contribution in [0.4, 0.5) is 0 Å². The first-order chi connectivity index (χ1) is 15.6. The SMILES string of the molecule is O=C(c1ccc(O)cc1)C1CCN(C(=O)c2ccc3noc(-c4ccccc4)c3c2)CC1. The lowest BCUT2D eigenvalue weighted by Gasteiger charge is -2.31. The molecule has 0 unspecified atom stereocenters. The number of Topliss-reactive ketones (excluding diaryl/α,β-unsaturated/α-hetero) is 1. The van der Waals surface area contributed by atoms with Crippen LogP contribution in [0.3, 0.4) is 0 Å². The van der Waals surface area contributed by atoms with Crippen LogP contribution in [0.2, 0.25) is 0 Å². The maximum absolute atomic E-state index is 13.2. The van der Waals surface area contributed by atoms with Crippen molar-refractivity contribution in [2.45, 2.75) is 12.8 Å². The number of benzene rings is 3. The standard InChI is InChI=1S/C26H22N2O4/c29-21-9-6-17(7-10-21)24(30)18-12-14-28(15-13-18)26(31)20-8-11-23-22(16-20)25(32-27-23)19-4-2-1-3-5-19/h1-11,16,18,29H,12-15H2. The normalized spacial score (nSPS) is 14.6. The van der Waals surface area contributed by atoms with Gasteiger partial charge in [0.05, 0.1) is 5.39 Å². The molecule has 6 heteroatoms. The van der Waals surface area contributed by atoms with Gasteiger partial charge >= 0.3 is 0 Å². The quantitative estimate of drug-likeness (QED) is 0.468. The average molecular weight is 426 g/mol. The number of fused-ring (bicyclic) bond motifs is 1. The van der Waals surface area contributed by atoms with E-state index in [0.717, 1.165) is 10.9 Å². The summed E-state index contributed by atoms with van der Waals surface area (Å²) in [5.41, 5.74) is 2.80. The number of carbonyl (C=O) groups excluding carboxylic acids is 2. The molecular formula is C26H22N2O4. The van der Waals surface area contributed by atoms with Crippen molar-refractivity contribution in [1.29, 1.82) is 0 Å². The van der Waals surface area contributed by atoms with Crippen molar-refractivity contribution in [1.82, 2.24) is 10.1 Å². The number of aromatic hydroxyl groups is 1. The molecule has 0 atom stereocenters. The molecule has 1 saturated heterocycles. The molecule has 2 heterocycles. The van der Waals surface area contributed by atoms with E-state index in [0.29, 0.717) is 48.3 Å². The molecule has 160 valence electrons. The van der Waals surface area contributed by atoms with Gasteiger partial charge in [0, 0.05) is 35.7 Å². The van der Waals surface area contributed by atoms with Gasteiger partial charge in [0.1, 0.15) is 11.3 Å². The molecule has 1 aromatic heterocycles. The number of nitrogens with zero attached hydrogens (tertiary/aromatic N) is 2. The van der Waals surface area contributed by atoms with Crippen LogP contribution in [-0.2, 0) is 0 Å². The molecule has 0 saturated carbocycles. The number of piperidine rings is 1. The number of ketones is 1. The number of phenols is 1. The fourth-order valence-corrected chi connectivity index (χ4v) is 4.26. The highest BCUT2D eigenvalue weighted by molar-refractivity contribution is 6.01. The van der Waals surface area contributed by atoms with E-state index in [2.05, 4.69) is 5.16 Å². The fraction of sp³-hybridized carbons (Fsp3) is 0.192. The third-order valence-corrected chi connectivity index (χ3v) is 6.06. The van der Waals surface area contributed by atoms with Crippen molar-refractivity contribution in [3.05, 3.63) is 83.9 Å². The summed E-state index contributed by atoms with van der Waals surface area (Å²) in [7, 11) is 0. The van der Waals surface area contributed by atoms with Gasteiger partial charge in [-0.15, -0.1) is 0 Å². The van der Waals surface area contributed by atoms with Gasteiger partial charge in [-0.25, -0.2) is 0 Å². The van der Waals surface area contributed by atoms with E-state index >= 15 is 0 Å². The minimum atomic E-state index is -0.117. The Bertz CT molecular complexity index is 1270. The van der Waals surface area contributed by atoms with Gasteiger partial charge in [0.2, 0.25) is 0 Å². The second kappa shape index (κ2) is 8.30. The van der Waals surface area contributed by atoms with Gasteiger partial charge < -0.3 is 14.5 Å². The van der Waals surface area contributed by atoms with E-state index < -0.39 is 0 Å². The largest absolute Gasteiger partial charge is 0.508 e. The van der Waals surface area contributed by atoms with Crippen LogP contribution < -0.4 is 0 Å². The summed E-state index contributed by atoms with van der Waals surface area (Å²) in [6.45, 7) is 1.06. The summed E-state index contributed by atoms with van der Waals surface area (Å²) in [4.78, 5) is 27.7. The molecule has 1 fully saturated rings. The second-order valence-corrected chi connectivity index (χ2v) is 8.09. The Morgan fingerprint density at radius 1 is 0.906 bits per heavy atom. The van der Waals surface area contributed by atoms with Crippen molar-refractivity contribution in [3.8, 4) is 17.1 Å².